The van der Waals surface area contributed by atoms with Crippen LogP contribution in [-0.4, -0.2) is 36.1 Å². The number of nitrogens with one attached hydrogen (secondary N) is 1. The minimum absolute atomic E-state index is 0.0249. The predicted molar refractivity (Wildman–Crippen MR) is 93.2 cm³/mol. The van der Waals surface area contributed by atoms with Crippen molar-refractivity contribution in [2.75, 3.05) is 20.2 Å². The summed E-state index contributed by atoms with van der Waals surface area (Å²) in [6.45, 7) is 5.44. The summed E-state index contributed by atoms with van der Waals surface area (Å²) in [6.07, 6.45) is 1.80. The van der Waals surface area contributed by atoms with E-state index in [2.05, 4.69) is 16.4 Å². The molecule has 0 aliphatic carbocycles. The van der Waals surface area contributed by atoms with Crippen LogP contribution in [0.15, 0.2) is 42.6 Å². The van der Waals surface area contributed by atoms with Crippen molar-refractivity contribution in [3.63, 3.8) is 0 Å². The minimum atomic E-state index is -0.0454. The maximum absolute atomic E-state index is 12.4. The zero-order chi connectivity index (χ0) is 17.1. The number of ether oxygens (including phenoxy) is 1. The van der Waals surface area contributed by atoms with E-state index in [9.17, 15) is 4.79 Å². The van der Waals surface area contributed by atoms with Gasteiger partial charge in [0.15, 0.2) is 0 Å². The van der Waals surface area contributed by atoms with Gasteiger partial charge in [0.05, 0.1) is 13.2 Å². The summed E-state index contributed by atoms with van der Waals surface area (Å²) in [5.74, 6) is 1.20. The van der Waals surface area contributed by atoms with E-state index in [1.54, 1.807) is 13.3 Å². The first-order valence-corrected chi connectivity index (χ1v) is 8.19. The summed E-state index contributed by atoms with van der Waals surface area (Å²) >= 11 is 0. The highest BCUT2D eigenvalue weighted by Gasteiger charge is 2.32. The number of nitrogens with zero attached hydrogens (tertiary/aromatic N) is 2. The SMILES string of the molecule is COc1ccc([C@H](C)NC(=O)N2CC(c3ccccn3)C2)cc1C. The summed E-state index contributed by atoms with van der Waals surface area (Å²) in [4.78, 5) is 18.5. The predicted octanol–water partition coefficient (Wildman–Crippen LogP) is 3.27. The van der Waals surface area contributed by atoms with Crippen molar-refractivity contribution in [2.24, 2.45) is 0 Å². The second-order valence-corrected chi connectivity index (χ2v) is 6.26. The van der Waals surface area contributed by atoms with E-state index >= 15 is 0 Å². The molecular weight excluding hydrogens is 302 g/mol. The van der Waals surface area contributed by atoms with Crippen molar-refractivity contribution < 1.29 is 9.53 Å². The normalized spacial score (nSPS) is 15.5. The van der Waals surface area contributed by atoms with Crippen LogP contribution in [0.2, 0.25) is 0 Å². The molecule has 2 aromatic rings. The van der Waals surface area contributed by atoms with E-state index in [0.717, 1.165) is 35.7 Å². The minimum Gasteiger partial charge on any atom is -0.496 e. The van der Waals surface area contributed by atoms with Gasteiger partial charge in [0.25, 0.3) is 0 Å². The van der Waals surface area contributed by atoms with Gasteiger partial charge in [-0.25, -0.2) is 4.79 Å². The number of aryl methyl sites for hydroxylation is 1. The van der Waals surface area contributed by atoms with Crippen molar-refractivity contribution in [1.29, 1.82) is 0 Å². The first-order chi connectivity index (χ1) is 11.6. The Kier molecular flexibility index (Phi) is 4.69. The van der Waals surface area contributed by atoms with Crippen molar-refractivity contribution in [2.45, 2.75) is 25.8 Å². The monoisotopic (exact) mass is 325 g/mol. The van der Waals surface area contributed by atoms with Crippen LogP contribution in [0.3, 0.4) is 0 Å². The average molecular weight is 325 g/mol. The Labute approximate surface area is 142 Å². The lowest BCUT2D eigenvalue weighted by atomic mass is 9.96. The van der Waals surface area contributed by atoms with Crippen LogP contribution in [0.25, 0.3) is 0 Å². The molecule has 5 nitrogen and oxygen atoms in total. The van der Waals surface area contributed by atoms with E-state index in [4.69, 9.17) is 4.74 Å². The Morgan fingerprint density at radius 3 is 2.75 bits per heavy atom. The number of hydrogen-bond acceptors (Lipinski definition) is 3. The van der Waals surface area contributed by atoms with Crippen molar-refractivity contribution in [3.05, 3.63) is 59.4 Å². The van der Waals surface area contributed by atoms with Crippen molar-refractivity contribution in [1.82, 2.24) is 15.2 Å². The highest BCUT2D eigenvalue weighted by atomic mass is 16.5. The summed E-state index contributed by atoms with van der Waals surface area (Å²) in [5, 5.41) is 3.06. The quantitative estimate of drug-likeness (QED) is 0.938. The molecule has 0 bridgehead atoms. The van der Waals surface area contributed by atoms with E-state index in [1.165, 1.54) is 0 Å². The van der Waals surface area contributed by atoms with E-state index in [1.807, 2.05) is 49.1 Å². The molecule has 0 saturated carbocycles. The number of hydrogen-bond donors (Lipinski definition) is 1. The Morgan fingerprint density at radius 1 is 1.33 bits per heavy atom. The number of rotatable bonds is 4. The lowest BCUT2D eigenvalue weighted by molar-refractivity contribution is 0.147. The summed E-state index contributed by atoms with van der Waals surface area (Å²) in [6, 6.07) is 11.8. The number of amides is 2. The van der Waals surface area contributed by atoms with Crippen LogP contribution in [-0.2, 0) is 0 Å². The second-order valence-electron chi connectivity index (χ2n) is 6.26. The van der Waals surface area contributed by atoms with Gasteiger partial charge in [0.2, 0.25) is 0 Å². The number of carbonyl (C=O) groups excluding carboxylic acids is 1. The van der Waals surface area contributed by atoms with Crippen molar-refractivity contribution >= 4 is 6.03 Å². The highest BCUT2D eigenvalue weighted by molar-refractivity contribution is 5.76. The van der Waals surface area contributed by atoms with Gasteiger partial charge < -0.3 is 15.0 Å². The molecule has 1 aliphatic rings. The van der Waals surface area contributed by atoms with Gasteiger partial charge in [0.1, 0.15) is 5.75 Å². The molecule has 2 amide bonds. The number of pyridine rings is 1. The third-order valence-electron chi connectivity index (χ3n) is 4.53. The molecule has 0 spiro atoms. The molecule has 1 fully saturated rings. The van der Waals surface area contributed by atoms with Crippen LogP contribution in [0.4, 0.5) is 4.79 Å². The average Bonchev–Trinajstić information content (AvgIpc) is 2.54. The summed E-state index contributed by atoms with van der Waals surface area (Å²) in [7, 11) is 1.66. The fraction of sp³-hybridized carbons (Fsp3) is 0.368. The molecule has 1 aromatic heterocycles. The smallest absolute Gasteiger partial charge is 0.317 e. The third kappa shape index (κ3) is 3.35. The molecule has 2 heterocycles. The standard InChI is InChI=1S/C19H23N3O2/c1-13-10-15(7-8-18(13)24-3)14(2)21-19(23)22-11-16(12-22)17-6-4-5-9-20-17/h4-10,14,16H,11-12H2,1-3H3,(H,21,23)/t14-/m0/s1. The maximum Gasteiger partial charge on any atom is 0.317 e. The van der Waals surface area contributed by atoms with Gasteiger partial charge in [-0.2, -0.15) is 0 Å². The Morgan fingerprint density at radius 2 is 2.12 bits per heavy atom. The van der Waals surface area contributed by atoms with E-state index < -0.39 is 0 Å². The largest absolute Gasteiger partial charge is 0.496 e. The van der Waals surface area contributed by atoms with Gasteiger partial charge in [-0.05, 0) is 43.2 Å². The van der Waals surface area contributed by atoms with Gasteiger partial charge >= 0.3 is 6.03 Å². The van der Waals surface area contributed by atoms with Crippen LogP contribution in [0, 0.1) is 6.92 Å². The molecule has 1 atom stereocenters. The third-order valence-corrected chi connectivity index (χ3v) is 4.53. The first kappa shape index (κ1) is 16.3. The Balaban J connectivity index is 1.55. The molecule has 1 aromatic carbocycles. The van der Waals surface area contributed by atoms with Crippen LogP contribution >= 0.6 is 0 Å². The van der Waals surface area contributed by atoms with Crippen LogP contribution < -0.4 is 10.1 Å². The van der Waals surface area contributed by atoms with Crippen LogP contribution in [0.1, 0.15) is 35.7 Å². The fourth-order valence-electron chi connectivity index (χ4n) is 2.98. The van der Waals surface area contributed by atoms with E-state index in [-0.39, 0.29) is 12.1 Å². The number of methoxy groups -OCH3 is 1. The fourth-order valence-corrected chi connectivity index (χ4v) is 2.98. The van der Waals surface area contributed by atoms with Gasteiger partial charge in [0, 0.05) is 30.9 Å². The molecular formula is C19H23N3O2. The molecule has 24 heavy (non-hydrogen) atoms. The molecule has 0 radical (unpaired) electrons. The highest BCUT2D eigenvalue weighted by Crippen LogP contribution is 2.26. The topological polar surface area (TPSA) is 54.5 Å². The number of carbonyl (C=O) groups is 1. The number of aromatic nitrogens is 1. The molecule has 0 unspecified atom stereocenters. The Bertz CT molecular complexity index is 712. The van der Waals surface area contributed by atoms with Crippen LogP contribution in [0.5, 0.6) is 5.75 Å². The number of likely N-dealkylation sites (tertiary alicyclic amines) is 1. The molecule has 5 heteroatoms. The van der Waals surface area contributed by atoms with Gasteiger partial charge in [-0.3, -0.25) is 4.98 Å². The molecule has 1 N–H and O–H groups in total. The number of urea groups is 1. The van der Waals surface area contributed by atoms with E-state index in [0.29, 0.717) is 5.92 Å². The maximum atomic E-state index is 12.4. The molecule has 126 valence electrons. The zero-order valence-corrected chi connectivity index (χ0v) is 14.3. The molecule has 3 rings (SSSR count). The second kappa shape index (κ2) is 6.91. The summed E-state index contributed by atoms with van der Waals surface area (Å²) < 4.78 is 5.28. The molecule has 1 aliphatic heterocycles. The lowest BCUT2D eigenvalue weighted by Crippen LogP contribution is -2.53. The Hall–Kier alpha value is -2.56. The van der Waals surface area contributed by atoms with Gasteiger partial charge in [-0.1, -0.05) is 18.2 Å². The summed E-state index contributed by atoms with van der Waals surface area (Å²) in [5.41, 5.74) is 3.19. The first-order valence-electron chi connectivity index (χ1n) is 8.19. The number of benzene rings is 1. The zero-order valence-electron chi connectivity index (χ0n) is 14.3. The molecule has 1 saturated heterocycles. The van der Waals surface area contributed by atoms with Gasteiger partial charge in [-0.15, -0.1) is 0 Å². The van der Waals surface area contributed by atoms with Crippen molar-refractivity contribution in [3.8, 4) is 5.75 Å². The lowest BCUT2D eigenvalue weighted by Gasteiger charge is -2.39.